The predicted molar refractivity (Wildman–Crippen MR) is 69.5 cm³/mol. The molecule has 0 radical (unpaired) electrons. The minimum Gasteiger partial charge on any atom is -0.301 e. The van der Waals surface area contributed by atoms with E-state index in [1.54, 1.807) is 6.92 Å². The summed E-state index contributed by atoms with van der Waals surface area (Å²) in [7, 11) is 0. The summed E-state index contributed by atoms with van der Waals surface area (Å²) in [6.07, 6.45) is 2.26. The number of carbonyl (C=O) groups is 1. The third-order valence-corrected chi connectivity index (χ3v) is 3.15. The van der Waals surface area contributed by atoms with Crippen LogP contribution in [0.5, 0.6) is 0 Å². The lowest BCUT2D eigenvalue weighted by molar-refractivity contribution is -0.116. The fourth-order valence-electron chi connectivity index (χ4n) is 1.56. The topological polar surface area (TPSA) is 62.8 Å². The molecular formula is C12H18N2O2S. The van der Waals surface area contributed by atoms with Crippen LogP contribution in [0.2, 0.25) is 0 Å². The largest absolute Gasteiger partial charge is 0.301 e. The Hall–Kier alpha value is -1.10. The Bertz CT molecular complexity index is 442. The number of rotatable bonds is 6. The second-order valence-electron chi connectivity index (χ2n) is 4.13. The van der Waals surface area contributed by atoms with E-state index in [2.05, 4.69) is 9.97 Å². The second kappa shape index (κ2) is 6.59. The van der Waals surface area contributed by atoms with Crippen LogP contribution in [0.3, 0.4) is 0 Å². The maximum absolute atomic E-state index is 11.4. The lowest BCUT2D eigenvalue weighted by atomic mass is 10.2. The molecule has 0 aliphatic carbocycles. The molecule has 4 nitrogen and oxygen atoms in total. The van der Waals surface area contributed by atoms with Crippen molar-refractivity contribution in [2.45, 2.75) is 50.4 Å². The number of hydrogen-bond donors (Lipinski definition) is 1. The van der Waals surface area contributed by atoms with Gasteiger partial charge in [0.1, 0.15) is 5.78 Å². The maximum Gasteiger partial charge on any atom is 0.251 e. The van der Waals surface area contributed by atoms with Crippen LogP contribution in [0.1, 0.15) is 39.3 Å². The van der Waals surface area contributed by atoms with Crippen LogP contribution in [0.25, 0.3) is 0 Å². The molecule has 1 aromatic rings. The highest BCUT2D eigenvalue weighted by Crippen LogP contribution is 2.21. The summed E-state index contributed by atoms with van der Waals surface area (Å²) in [4.78, 5) is 29.5. The van der Waals surface area contributed by atoms with Crippen molar-refractivity contribution in [1.29, 1.82) is 0 Å². The van der Waals surface area contributed by atoms with E-state index in [0.717, 1.165) is 18.5 Å². The molecule has 0 spiro atoms. The van der Waals surface area contributed by atoms with Crippen molar-refractivity contribution in [3.63, 3.8) is 0 Å². The normalized spacial score (nSPS) is 12.4. The average molecular weight is 254 g/mol. The number of nitrogens with zero attached hydrogens (tertiary/aromatic N) is 1. The van der Waals surface area contributed by atoms with Crippen molar-refractivity contribution in [2.24, 2.45) is 0 Å². The Labute approximate surface area is 105 Å². The van der Waals surface area contributed by atoms with Gasteiger partial charge in [0.2, 0.25) is 0 Å². The zero-order valence-corrected chi connectivity index (χ0v) is 11.3. The summed E-state index contributed by atoms with van der Waals surface area (Å²) in [6.45, 7) is 5.58. The van der Waals surface area contributed by atoms with Crippen LogP contribution < -0.4 is 5.56 Å². The van der Waals surface area contributed by atoms with E-state index in [1.807, 2.05) is 13.8 Å². The molecule has 0 fully saturated rings. The van der Waals surface area contributed by atoms with E-state index in [1.165, 1.54) is 17.8 Å². The Morgan fingerprint density at radius 2 is 2.29 bits per heavy atom. The van der Waals surface area contributed by atoms with Gasteiger partial charge in [-0.25, -0.2) is 4.98 Å². The summed E-state index contributed by atoms with van der Waals surface area (Å²) in [5, 5.41) is 0.738. The molecule has 0 saturated carbocycles. The fraction of sp³-hybridized carbons (Fsp3) is 0.583. The summed E-state index contributed by atoms with van der Waals surface area (Å²) < 4.78 is 0. The highest BCUT2D eigenvalue weighted by molar-refractivity contribution is 7.99. The van der Waals surface area contributed by atoms with Gasteiger partial charge in [0.25, 0.3) is 5.56 Å². The highest BCUT2D eigenvalue weighted by atomic mass is 32.2. The lowest BCUT2D eigenvalue weighted by Gasteiger charge is -2.08. The number of ketones is 1. The first-order valence-corrected chi connectivity index (χ1v) is 6.65. The predicted octanol–water partition coefficient (Wildman–Crippen LogP) is 2.18. The molecule has 1 unspecified atom stereocenters. The SMILES string of the molecule is CCCc1cc(=O)[nH]c(SC(C)CC(C)=O)n1. The number of hydrogen-bond acceptors (Lipinski definition) is 4. The Balaban J connectivity index is 2.76. The van der Waals surface area contributed by atoms with Gasteiger partial charge >= 0.3 is 0 Å². The summed E-state index contributed by atoms with van der Waals surface area (Å²) in [6, 6.07) is 1.53. The summed E-state index contributed by atoms with van der Waals surface area (Å²) in [5.74, 6) is 0.150. The molecule has 94 valence electrons. The zero-order chi connectivity index (χ0) is 12.8. The number of aryl methyl sites for hydroxylation is 1. The molecule has 1 atom stereocenters. The number of carbonyl (C=O) groups excluding carboxylic acids is 1. The monoisotopic (exact) mass is 254 g/mol. The van der Waals surface area contributed by atoms with Crippen LogP contribution in [-0.4, -0.2) is 21.0 Å². The minimum atomic E-state index is -0.124. The maximum atomic E-state index is 11.4. The Kier molecular flexibility index (Phi) is 5.41. The average Bonchev–Trinajstić information content (AvgIpc) is 2.14. The van der Waals surface area contributed by atoms with E-state index < -0.39 is 0 Å². The van der Waals surface area contributed by atoms with Gasteiger partial charge in [0, 0.05) is 23.4 Å². The van der Waals surface area contributed by atoms with Gasteiger partial charge < -0.3 is 4.98 Å². The van der Waals surface area contributed by atoms with Crippen LogP contribution in [0.15, 0.2) is 16.0 Å². The first-order chi connectivity index (χ1) is 8.01. The van der Waals surface area contributed by atoms with Gasteiger partial charge in [-0.1, -0.05) is 32.0 Å². The zero-order valence-electron chi connectivity index (χ0n) is 10.4. The summed E-state index contributed by atoms with van der Waals surface area (Å²) in [5.41, 5.74) is 0.690. The van der Waals surface area contributed by atoms with Crippen molar-refractivity contribution in [3.8, 4) is 0 Å². The van der Waals surface area contributed by atoms with Crippen LogP contribution in [0.4, 0.5) is 0 Å². The van der Waals surface area contributed by atoms with E-state index in [9.17, 15) is 9.59 Å². The van der Waals surface area contributed by atoms with Crippen LogP contribution >= 0.6 is 11.8 Å². The molecule has 1 aromatic heterocycles. The fourth-order valence-corrected chi connectivity index (χ4v) is 2.59. The summed E-state index contributed by atoms with van der Waals surface area (Å²) >= 11 is 1.44. The molecule has 1 N–H and O–H groups in total. The van der Waals surface area contributed by atoms with Gasteiger partial charge in [-0.05, 0) is 13.3 Å². The number of H-pyrrole nitrogens is 1. The Morgan fingerprint density at radius 1 is 1.59 bits per heavy atom. The Morgan fingerprint density at radius 3 is 2.88 bits per heavy atom. The molecule has 0 aromatic carbocycles. The van der Waals surface area contributed by atoms with Crippen LogP contribution in [-0.2, 0) is 11.2 Å². The number of aromatic nitrogens is 2. The van der Waals surface area contributed by atoms with Crippen molar-refractivity contribution in [2.75, 3.05) is 0 Å². The van der Waals surface area contributed by atoms with Crippen molar-refractivity contribution in [3.05, 3.63) is 22.1 Å². The molecule has 17 heavy (non-hydrogen) atoms. The van der Waals surface area contributed by atoms with Gasteiger partial charge in [0.15, 0.2) is 5.16 Å². The number of aromatic amines is 1. The van der Waals surface area contributed by atoms with Crippen molar-refractivity contribution in [1.82, 2.24) is 9.97 Å². The van der Waals surface area contributed by atoms with Crippen molar-refractivity contribution < 1.29 is 4.79 Å². The first kappa shape index (κ1) is 14.0. The molecule has 0 saturated heterocycles. The molecule has 1 heterocycles. The quantitative estimate of drug-likeness (QED) is 0.624. The molecule has 0 amide bonds. The minimum absolute atomic E-state index is 0.124. The van der Waals surface area contributed by atoms with Gasteiger partial charge in [-0.2, -0.15) is 0 Å². The number of Topliss-reactive ketones (excluding diaryl/α,β-unsaturated/α-hetero) is 1. The van der Waals surface area contributed by atoms with Gasteiger partial charge in [0.05, 0.1) is 0 Å². The van der Waals surface area contributed by atoms with Crippen molar-refractivity contribution >= 4 is 17.5 Å². The van der Waals surface area contributed by atoms with E-state index >= 15 is 0 Å². The van der Waals surface area contributed by atoms with Crippen LogP contribution in [0, 0.1) is 0 Å². The third-order valence-electron chi connectivity index (χ3n) is 2.17. The lowest BCUT2D eigenvalue weighted by Crippen LogP contribution is -2.12. The molecular weight excluding hydrogens is 236 g/mol. The van der Waals surface area contributed by atoms with E-state index in [-0.39, 0.29) is 16.6 Å². The molecule has 0 aliphatic rings. The smallest absolute Gasteiger partial charge is 0.251 e. The van der Waals surface area contributed by atoms with E-state index in [4.69, 9.17) is 0 Å². The molecule has 0 bridgehead atoms. The number of nitrogens with one attached hydrogen (secondary N) is 1. The molecule has 1 rings (SSSR count). The van der Waals surface area contributed by atoms with Gasteiger partial charge in [-0.15, -0.1) is 0 Å². The standard InChI is InChI=1S/C12H18N2O2S/c1-4-5-10-7-11(16)14-12(13-10)17-9(3)6-8(2)15/h7,9H,4-6H2,1-3H3,(H,13,14,16). The molecule has 5 heteroatoms. The number of thioether (sulfide) groups is 1. The second-order valence-corrected chi connectivity index (χ2v) is 5.55. The highest BCUT2D eigenvalue weighted by Gasteiger charge is 2.09. The molecule has 0 aliphatic heterocycles. The first-order valence-electron chi connectivity index (χ1n) is 5.77. The van der Waals surface area contributed by atoms with Gasteiger partial charge in [-0.3, -0.25) is 9.59 Å². The third kappa shape index (κ3) is 5.17. The van der Waals surface area contributed by atoms with E-state index in [0.29, 0.717) is 11.6 Å².